The lowest BCUT2D eigenvalue weighted by atomic mass is 9.95. The number of halogens is 1. The zero-order chi connectivity index (χ0) is 13.9. The van der Waals surface area contributed by atoms with Crippen LogP contribution in [0.5, 0.6) is 5.75 Å². The minimum atomic E-state index is -0.585. The molecule has 112 valence electrons. The van der Waals surface area contributed by atoms with E-state index in [1.165, 1.54) is 5.56 Å². The van der Waals surface area contributed by atoms with Crippen LogP contribution in [0.3, 0.4) is 0 Å². The summed E-state index contributed by atoms with van der Waals surface area (Å²) < 4.78 is 5.49. The Balaban J connectivity index is 0.00000161. The summed E-state index contributed by atoms with van der Waals surface area (Å²) in [5, 5.41) is 10.3. The van der Waals surface area contributed by atoms with Crippen molar-refractivity contribution in [3.05, 3.63) is 65.2 Å². The number of rotatable bonds is 4. The van der Waals surface area contributed by atoms with E-state index in [-0.39, 0.29) is 18.4 Å². The van der Waals surface area contributed by atoms with Gasteiger partial charge in [-0.25, -0.2) is 0 Å². The van der Waals surface area contributed by atoms with Crippen LogP contribution in [-0.4, -0.2) is 17.8 Å². The summed E-state index contributed by atoms with van der Waals surface area (Å²) in [6.07, 6.45) is 0.901. The van der Waals surface area contributed by atoms with Crippen molar-refractivity contribution in [1.29, 1.82) is 0 Å². The summed E-state index contributed by atoms with van der Waals surface area (Å²) in [4.78, 5) is 0. The fourth-order valence-corrected chi connectivity index (χ4v) is 2.62. The number of fused-ring (bicyclic) bond motifs is 1. The van der Waals surface area contributed by atoms with Crippen molar-refractivity contribution < 1.29 is 9.84 Å². The Labute approximate surface area is 131 Å². The molecule has 0 aliphatic carbocycles. The molecule has 0 aromatic heterocycles. The Morgan fingerprint density at radius 3 is 2.67 bits per heavy atom. The van der Waals surface area contributed by atoms with E-state index in [0.717, 1.165) is 29.9 Å². The first-order chi connectivity index (χ1) is 9.74. The molecule has 2 aromatic rings. The van der Waals surface area contributed by atoms with Crippen LogP contribution in [0.1, 0.15) is 22.7 Å². The minimum absolute atomic E-state index is 0. The lowest BCUT2D eigenvalue weighted by molar-refractivity contribution is 0.145. The number of benzene rings is 2. The second kappa shape index (κ2) is 6.94. The molecule has 0 unspecified atom stereocenters. The average molecular weight is 306 g/mol. The van der Waals surface area contributed by atoms with Gasteiger partial charge in [0.05, 0.1) is 18.8 Å². The Morgan fingerprint density at radius 2 is 1.90 bits per heavy atom. The topological polar surface area (TPSA) is 55.5 Å². The molecule has 0 fully saturated rings. The maximum Gasteiger partial charge on any atom is 0.122 e. The van der Waals surface area contributed by atoms with Crippen molar-refractivity contribution in [2.45, 2.75) is 25.0 Å². The van der Waals surface area contributed by atoms with E-state index in [0.29, 0.717) is 6.42 Å². The van der Waals surface area contributed by atoms with Crippen molar-refractivity contribution in [1.82, 2.24) is 0 Å². The second-order valence-corrected chi connectivity index (χ2v) is 5.25. The molecule has 0 saturated carbocycles. The Kier molecular flexibility index (Phi) is 5.23. The highest BCUT2D eigenvalue weighted by Crippen LogP contribution is 2.28. The van der Waals surface area contributed by atoms with Gasteiger partial charge in [0, 0.05) is 12.8 Å². The quantitative estimate of drug-likeness (QED) is 0.913. The molecule has 2 atom stereocenters. The smallest absolute Gasteiger partial charge is 0.122 e. The van der Waals surface area contributed by atoms with Gasteiger partial charge in [0.25, 0.3) is 0 Å². The standard InChI is InChI=1S/C17H19NO2.ClH/c18-17(15(19)10-12-4-2-1-3-5-12)14-6-7-16-13(11-14)8-9-20-16;/h1-7,11,15,17,19H,8-10,18H2;1H/t15-,17+;/m0./s1. The minimum Gasteiger partial charge on any atom is -0.493 e. The fourth-order valence-electron chi connectivity index (χ4n) is 2.62. The molecule has 3 nitrogen and oxygen atoms in total. The van der Waals surface area contributed by atoms with Gasteiger partial charge in [0.2, 0.25) is 0 Å². The number of hydrogen-bond donors (Lipinski definition) is 2. The van der Waals surface area contributed by atoms with Gasteiger partial charge in [-0.15, -0.1) is 12.4 Å². The third kappa shape index (κ3) is 3.56. The zero-order valence-corrected chi connectivity index (χ0v) is 12.6. The van der Waals surface area contributed by atoms with Crippen molar-refractivity contribution in [3.8, 4) is 5.75 Å². The predicted octanol–water partition coefficient (Wildman–Crippen LogP) is 2.65. The number of aliphatic hydroxyl groups is 1. The molecule has 3 N–H and O–H groups in total. The van der Waals surface area contributed by atoms with Crippen LogP contribution >= 0.6 is 12.4 Å². The molecule has 0 spiro atoms. The fraction of sp³-hybridized carbons (Fsp3) is 0.294. The van der Waals surface area contributed by atoms with Crippen LogP contribution in [0, 0.1) is 0 Å². The summed E-state index contributed by atoms with van der Waals surface area (Å²) in [7, 11) is 0. The first kappa shape index (κ1) is 15.8. The Hall–Kier alpha value is -1.55. The summed E-state index contributed by atoms with van der Waals surface area (Å²) in [5.74, 6) is 0.943. The molecule has 2 aromatic carbocycles. The van der Waals surface area contributed by atoms with Crippen LogP contribution in [0.15, 0.2) is 48.5 Å². The highest BCUT2D eigenvalue weighted by molar-refractivity contribution is 5.85. The Morgan fingerprint density at radius 1 is 1.14 bits per heavy atom. The molecule has 0 saturated heterocycles. The average Bonchev–Trinajstić information content (AvgIpc) is 2.94. The van der Waals surface area contributed by atoms with Gasteiger partial charge in [-0.1, -0.05) is 42.5 Å². The van der Waals surface area contributed by atoms with E-state index >= 15 is 0 Å². The Bertz CT molecular complexity index is 589. The van der Waals surface area contributed by atoms with E-state index in [1.54, 1.807) is 0 Å². The molecule has 1 aliphatic heterocycles. The highest BCUT2D eigenvalue weighted by Gasteiger charge is 2.20. The van der Waals surface area contributed by atoms with Crippen LogP contribution in [0.4, 0.5) is 0 Å². The summed E-state index contributed by atoms with van der Waals surface area (Å²) in [5.41, 5.74) is 9.44. The van der Waals surface area contributed by atoms with Gasteiger partial charge in [0.15, 0.2) is 0 Å². The monoisotopic (exact) mass is 305 g/mol. The van der Waals surface area contributed by atoms with Gasteiger partial charge in [-0.2, -0.15) is 0 Å². The zero-order valence-electron chi connectivity index (χ0n) is 11.7. The molecule has 1 aliphatic rings. The van der Waals surface area contributed by atoms with Crippen LogP contribution < -0.4 is 10.5 Å². The molecule has 3 rings (SSSR count). The van der Waals surface area contributed by atoms with Gasteiger partial charge in [-0.05, 0) is 22.8 Å². The number of ether oxygens (including phenoxy) is 1. The third-order valence-electron chi connectivity index (χ3n) is 3.80. The van der Waals surface area contributed by atoms with Gasteiger partial charge >= 0.3 is 0 Å². The van der Waals surface area contributed by atoms with E-state index < -0.39 is 6.10 Å². The van der Waals surface area contributed by atoms with E-state index in [4.69, 9.17) is 10.5 Å². The number of nitrogens with two attached hydrogens (primary N) is 1. The van der Waals surface area contributed by atoms with E-state index in [9.17, 15) is 5.11 Å². The molecule has 21 heavy (non-hydrogen) atoms. The molecular formula is C17H20ClNO2. The van der Waals surface area contributed by atoms with Crippen LogP contribution in [0.2, 0.25) is 0 Å². The van der Waals surface area contributed by atoms with Crippen molar-refractivity contribution in [2.75, 3.05) is 6.61 Å². The lowest BCUT2D eigenvalue weighted by Crippen LogP contribution is -2.28. The van der Waals surface area contributed by atoms with E-state index in [1.807, 2.05) is 42.5 Å². The highest BCUT2D eigenvalue weighted by atomic mass is 35.5. The maximum absolute atomic E-state index is 10.3. The molecule has 0 radical (unpaired) electrons. The SMILES string of the molecule is Cl.N[C@H](c1ccc2c(c1)CCO2)[C@@H](O)Cc1ccccc1. The summed E-state index contributed by atoms with van der Waals surface area (Å²) >= 11 is 0. The first-order valence-corrected chi connectivity index (χ1v) is 6.97. The molecule has 4 heteroatoms. The van der Waals surface area contributed by atoms with Crippen molar-refractivity contribution in [2.24, 2.45) is 5.73 Å². The van der Waals surface area contributed by atoms with Crippen molar-refractivity contribution in [3.63, 3.8) is 0 Å². The second-order valence-electron chi connectivity index (χ2n) is 5.25. The molecule has 0 amide bonds. The van der Waals surface area contributed by atoms with Crippen LogP contribution in [0.25, 0.3) is 0 Å². The van der Waals surface area contributed by atoms with Gasteiger partial charge in [0.1, 0.15) is 5.75 Å². The van der Waals surface area contributed by atoms with Crippen LogP contribution in [-0.2, 0) is 12.8 Å². The molecular weight excluding hydrogens is 286 g/mol. The molecule has 1 heterocycles. The number of hydrogen-bond acceptors (Lipinski definition) is 3. The predicted molar refractivity (Wildman–Crippen MR) is 86.0 cm³/mol. The lowest BCUT2D eigenvalue weighted by Gasteiger charge is -2.20. The van der Waals surface area contributed by atoms with E-state index in [2.05, 4.69) is 6.07 Å². The largest absolute Gasteiger partial charge is 0.493 e. The summed E-state index contributed by atoms with van der Waals surface area (Å²) in [6, 6.07) is 15.5. The normalized spacial score (nSPS) is 15.5. The maximum atomic E-state index is 10.3. The first-order valence-electron chi connectivity index (χ1n) is 6.97. The van der Waals surface area contributed by atoms with Crippen molar-refractivity contribution >= 4 is 12.4 Å². The van der Waals surface area contributed by atoms with Gasteiger partial charge in [-0.3, -0.25) is 0 Å². The number of aliphatic hydroxyl groups excluding tert-OH is 1. The molecule has 0 bridgehead atoms. The van der Waals surface area contributed by atoms with Gasteiger partial charge < -0.3 is 15.6 Å². The third-order valence-corrected chi connectivity index (χ3v) is 3.80. The summed E-state index contributed by atoms with van der Waals surface area (Å²) in [6.45, 7) is 0.737.